The highest BCUT2D eigenvalue weighted by molar-refractivity contribution is 4.97. The summed E-state index contributed by atoms with van der Waals surface area (Å²) in [6.45, 7) is 4.02. The van der Waals surface area contributed by atoms with E-state index in [9.17, 15) is 0 Å². The molecule has 0 radical (unpaired) electrons. The first kappa shape index (κ1) is 9.86. The molecule has 3 heterocycles. The molecule has 2 bridgehead atoms. The molecule has 15 heavy (non-hydrogen) atoms. The van der Waals surface area contributed by atoms with Crippen LogP contribution in [0.4, 0.5) is 0 Å². The average Bonchev–Trinajstić information content (AvgIpc) is 2.32. The predicted molar refractivity (Wildman–Crippen MR) is 62.9 cm³/mol. The smallest absolute Gasteiger partial charge is 0.0226 e. The maximum Gasteiger partial charge on any atom is 0.0226 e. The van der Waals surface area contributed by atoms with Crippen LogP contribution in [0.15, 0.2) is 12.2 Å². The van der Waals surface area contributed by atoms with E-state index >= 15 is 0 Å². The number of hydrogen-bond acceptors (Lipinski definition) is 2. The normalized spacial score (nSPS) is 44.5. The van der Waals surface area contributed by atoms with Gasteiger partial charge in [-0.1, -0.05) is 12.2 Å². The zero-order valence-corrected chi connectivity index (χ0v) is 9.49. The quantitative estimate of drug-likeness (QED) is 0.693. The number of fused-ring (bicyclic) bond motifs is 3. The standard InChI is InChI=1S/C13H22N2/c1-2-4-12(5-3-1)14-13-10-15-8-6-11(13)7-9-15/h1-2,11-14H,3-10H2. The molecule has 3 fully saturated rings. The number of piperidine rings is 3. The summed E-state index contributed by atoms with van der Waals surface area (Å²) >= 11 is 0. The summed E-state index contributed by atoms with van der Waals surface area (Å²) in [7, 11) is 0. The highest BCUT2D eigenvalue weighted by Crippen LogP contribution is 2.28. The summed E-state index contributed by atoms with van der Waals surface area (Å²) in [4.78, 5) is 2.64. The van der Waals surface area contributed by atoms with Gasteiger partial charge in [0.1, 0.15) is 0 Å². The molecule has 2 unspecified atom stereocenters. The molecular formula is C13H22N2. The maximum absolute atomic E-state index is 3.90. The van der Waals surface area contributed by atoms with Crippen molar-refractivity contribution in [3.63, 3.8) is 0 Å². The zero-order chi connectivity index (χ0) is 10.1. The van der Waals surface area contributed by atoms with Crippen LogP contribution in [0.25, 0.3) is 0 Å². The molecule has 1 aliphatic carbocycles. The second-order valence-corrected chi connectivity index (χ2v) is 5.39. The Morgan fingerprint density at radius 2 is 1.93 bits per heavy atom. The molecule has 2 atom stereocenters. The van der Waals surface area contributed by atoms with Crippen LogP contribution in [-0.4, -0.2) is 36.6 Å². The highest BCUT2D eigenvalue weighted by Gasteiger charge is 2.34. The van der Waals surface area contributed by atoms with Crippen LogP contribution in [0.3, 0.4) is 0 Å². The van der Waals surface area contributed by atoms with Gasteiger partial charge in [0, 0.05) is 18.6 Å². The van der Waals surface area contributed by atoms with Crippen LogP contribution < -0.4 is 5.32 Å². The van der Waals surface area contributed by atoms with E-state index in [1.165, 1.54) is 51.7 Å². The van der Waals surface area contributed by atoms with Crippen LogP contribution in [-0.2, 0) is 0 Å². The maximum atomic E-state index is 3.90. The Morgan fingerprint density at radius 1 is 1.07 bits per heavy atom. The molecule has 0 amide bonds. The lowest BCUT2D eigenvalue weighted by Gasteiger charge is -2.46. The second kappa shape index (κ2) is 4.26. The third kappa shape index (κ3) is 2.11. The van der Waals surface area contributed by atoms with Gasteiger partial charge in [0.2, 0.25) is 0 Å². The Hall–Kier alpha value is -0.340. The van der Waals surface area contributed by atoms with E-state index in [4.69, 9.17) is 0 Å². The van der Waals surface area contributed by atoms with Gasteiger partial charge in [0.15, 0.2) is 0 Å². The van der Waals surface area contributed by atoms with E-state index in [2.05, 4.69) is 22.4 Å². The van der Waals surface area contributed by atoms with Crippen molar-refractivity contribution in [1.82, 2.24) is 10.2 Å². The van der Waals surface area contributed by atoms with Crippen LogP contribution in [0.2, 0.25) is 0 Å². The first-order chi connectivity index (χ1) is 7.42. The summed E-state index contributed by atoms with van der Waals surface area (Å²) in [6.07, 6.45) is 11.4. The number of nitrogens with zero attached hydrogens (tertiary/aromatic N) is 1. The Balaban J connectivity index is 1.56. The lowest BCUT2D eigenvalue weighted by Crippen LogP contribution is -2.58. The van der Waals surface area contributed by atoms with Gasteiger partial charge in [0.25, 0.3) is 0 Å². The topological polar surface area (TPSA) is 15.3 Å². The average molecular weight is 206 g/mol. The predicted octanol–water partition coefficient (Wildman–Crippen LogP) is 1.78. The first-order valence-electron chi connectivity index (χ1n) is 6.55. The van der Waals surface area contributed by atoms with Crippen molar-refractivity contribution < 1.29 is 0 Å². The molecule has 3 aliphatic heterocycles. The fourth-order valence-electron chi connectivity index (χ4n) is 3.40. The summed E-state index contributed by atoms with van der Waals surface area (Å²) in [5.41, 5.74) is 0. The largest absolute Gasteiger partial charge is 0.309 e. The van der Waals surface area contributed by atoms with Crippen LogP contribution in [0.1, 0.15) is 32.1 Å². The molecule has 2 heteroatoms. The van der Waals surface area contributed by atoms with Gasteiger partial charge in [-0.3, -0.25) is 0 Å². The van der Waals surface area contributed by atoms with E-state index in [-0.39, 0.29) is 0 Å². The molecule has 4 rings (SSSR count). The van der Waals surface area contributed by atoms with Crippen LogP contribution in [0.5, 0.6) is 0 Å². The summed E-state index contributed by atoms with van der Waals surface area (Å²) < 4.78 is 0. The molecular weight excluding hydrogens is 184 g/mol. The van der Waals surface area contributed by atoms with Crippen LogP contribution in [0, 0.1) is 5.92 Å². The van der Waals surface area contributed by atoms with E-state index in [0.717, 1.165) is 18.0 Å². The molecule has 2 nitrogen and oxygen atoms in total. The lowest BCUT2D eigenvalue weighted by atomic mass is 9.83. The lowest BCUT2D eigenvalue weighted by molar-refractivity contribution is 0.0663. The van der Waals surface area contributed by atoms with Crippen molar-refractivity contribution in [2.45, 2.75) is 44.2 Å². The number of allylic oxidation sites excluding steroid dienone is 1. The Kier molecular flexibility index (Phi) is 2.80. The van der Waals surface area contributed by atoms with E-state index < -0.39 is 0 Å². The Morgan fingerprint density at radius 3 is 2.53 bits per heavy atom. The molecule has 0 spiro atoms. The van der Waals surface area contributed by atoms with Crippen molar-refractivity contribution in [2.75, 3.05) is 19.6 Å². The minimum Gasteiger partial charge on any atom is -0.309 e. The molecule has 0 aromatic heterocycles. The van der Waals surface area contributed by atoms with E-state index in [0.29, 0.717) is 0 Å². The van der Waals surface area contributed by atoms with Gasteiger partial charge >= 0.3 is 0 Å². The fraction of sp³-hybridized carbons (Fsp3) is 0.846. The van der Waals surface area contributed by atoms with Crippen LogP contribution >= 0.6 is 0 Å². The number of rotatable bonds is 2. The van der Waals surface area contributed by atoms with Gasteiger partial charge in [-0.15, -0.1) is 0 Å². The van der Waals surface area contributed by atoms with Gasteiger partial charge in [-0.25, -0.2) is 0 Å². The third-order valence-corrected chi connectivity index (χ3v) is 4.38. The molecule has 1 N–H and O–H groups in total. The van der Waals surface area contributed by atoms with Gasteiger partial charge < -0.3 is 10.2 Å². The van der Waals surface area contributed by atoms with Gasteiger partial charge in [-0.05, 0) is 51.1 Å². The summed E-state index contributed by atoms with van der Waals surface area (Å²) in [5.74, 6) is 0.973. The van der Waals surface area contributed by atoms with Crippen molar-refractivity contribution in [3.05, 3.63) is 12.2 Å². The molecule has 0 saturated carbocycles. The van der Waals surface area contributed by atoms with Crippen molar-refractivity contribution in [3.8, 4) is 0 Å². The molecule has 0 aromatic carbocycles. The minimum absolute atomic E-state index is 0.764. The zero-order valence-electron chi connectivity index (χ0n) is 9.49. The third-order valence-electron chi connectivity index (χ3n) is 4.38. The molecule has 3 saturated heterocycles. The molecule has 0 aromatic rings. The minimum atomic E-state index is 0.764. The monoisotopic (exact) mass is 206 g/mol. The van der Waals surface area contributed by atoms with E-state index in [1.807, 2.05) is 0 Å². The SMILES string of the molecule is C1=CCC(NC2CN3CCC2CC3)CC1. The summed E-state index contributed by atoms with van der Waals surface area (Å²) in [5, 5.41) is 3.90. The van der Waals surface area contributed by atoms with Gasteiger partial charge in [0.05, 0.1) is 0 Å². The first-order valence-corrected chi connectivity index (χ1v) is 6.55. The Labute approximate surface area is 92.7 Å². The second-order valence-electron chi connectivity index (χ2n) is 5.39. The number of nitrogens with one attached hydrogen (secondary N) is 1. The van der Waals surface area contributed by atoms with E-state index in [1.54, 1.807) is 0 Å². The summed E-state index contributed by atoms with van der Waals surface area (Å²) in [6, 6.07) is 1.56. The molecule has 84 valence electrons. The van der Waals surface area contributed by atoms with Gasteiger partial charge in [-0.2, -0.15) is 0 Å². The van der Waals surface area contributed by atoms with Crippen molar-refractivity contribution in [2.24, 2.45) is 5.92 Å². The molecule has 4 aliphatic rings. The highest BCUT2D eigenvalue weighted by atomic mass is 15.2. The fourth-order valence-corrected chi connectivity index (χ4v) is 3.40. The number of hydrogen-bond donors (Lipinski definition) is 1. The van der Waals surface area contributed by atoms with Crippen molar-refractivity contribution >= 4 is 0 Å². The van der Waals surface area contributed by atoms with Crippen molar-refractivity contribution in [1.29, 1.82) is 0 Å². The Bertz CT molecular complexity index is 241.